The van der Waals surface area contributed by atoms with Gasteiger partial charge in [-0.25, -0.2) is 12.8 Å². The smallest absolute Gasteiger partial charge is 0.308 e. The molecule has 1 heterocycles. The molecule has 0 radical (unpaired) electrons. The lowest BCUT2D eigenvalue weighted by atomic mass is 9.92. The molecule has 0 spiro atoms. The highest BCUT2D eigenvalue weighted by Gasteiger charge is 2.40. The van der Waals surface area contributed by atoms with E-state index in [-0.39, 0.29) is 11.6 Å². The third-order valence-electron chi connectivity index (χ3n) is 3.73. The third-order valence-corrected chi connectivity index (χ3v) is 5.98. The number of benzene rings is 1. The van der Waals surface area contributed by atoms with E-state index in [9.17, 15) is 17.6 Å². The summed E-state index contributed by atoms with van der Waals surface area (Å²) in [5, 5.41) is 9.24. The van der Waals surface area contributed by atoms with E-state index in [1.165, 1.54) is 13.0 Å². The Morgan fingerprint density at radius 1 is 1.48 bits per heavy atom. The van der Waals surface area contributed by atoms with Gasteiger partial charge in [0.15, 0.2) is 0 Å². The van der Waals surface area contributed by atoms with Gasteiger partial charge >= 0.3 is 5.97 Å². The molecule has 0 aromatic heterocycles. The zero-order valence-electron chi connectivity index (χ0n) is 11.3. The quantitative estimate of drug-likeness (QED) is 0.920. The lowest BCUT2D eigenvalue weighted by Gasteiger charge is -2.36. The molecule has 21 heavy (non-hydrogen) atoms. The Kier molecular flexibility index (Phi) is 4.55. The molecule has 5 nitrogen and oxygen atoms in total. The topological polar surface area (TPSA) is 74.7 Å². The van der Waals surface area contributed by atoms with Gasteiger partial charge in [0.2, 0.25) is 10.0 Å². The lowest BCUT2D eigenvalue weighted by molar-refractivity contribution is -0.144. The Hall–Kier alpha value is -1.18. The second kappa shape index (κ2) is 5.90. The Morgan fingerprint density at radius 3 is 2.71 bits per heavy atom. The molecule has 1 aliphatic heterocycles. The number of nitrogens with zero attached hydrogens (tertiary/aromatic N) is 1. The zero-order valence-corrected chi connectivity index (χ0v) is 12.9. The first-order valence-electron chi connectivity index (χ1n) is 6.45. The third kappa shape index (κ3) is 3.04. The highest BCUT2D eigenvalue weighted by atomic mass is 35.5. The van der Waals surface area contributed by atoms with Crippen LogP contribution in [0.3, 0.4) is 0 Å². The van der Waals surface area contributed by atoms with Crippen molar-refractivity contribution in [2.75, 3.05) is 6.54 Å². The number of aliphatic carboxylic acids is 1. The average Bonchev–Trinajstić information content (AvgIpc) is 2.37. The summed E-state index contributed by atoms with van der Waals surface area (Å²) >= 11 is 5.62. The van der Waals surface area contributed by atoms with Crippen LogP contribution in [-0.4, -0.2) is 36.4 Å². The molecule has 0 bridgehead atoms. The maximum atomic E-state index is 13.9. The minimum atomic E-state index is -4.09. The van der Waals surface area contributed by atoms with Gasteiger partial charge in [-0.15, -0.1) is 0 Å². The molecule has 116 valence electrons. The molecule has 1 saturated heterocycles. The summed E-state index contributed by atoms with van der Waals surface area (Å²) in [4.78, 5) is 10.7. The number of hydrogen-bond donors (Lipinski definition) is 1. The van der Waals surface area contributed by atoms with Crippen LogP contribution in [0.25, 0.3) is 0 Å². The molecular weight excluding hydrogens is 321 g/mol. The first-order valence-corrected chi connectivity index (χ1v) is 8.26. The highest BCUT2D eigenvalue weighted by molar-refractivity contribution is 7.89. The van der Waals surface area contributed by atoms with Crippen LogP contribution in [0.4, 0.5) is 4.39 Å². The van der Waals surface area contributed by atoms with Crippen LogP contribution >= 0.6 is 11.6 Å². The van der Waals surface area contributed by atoms with Crippen molar-refractivity contribution in [1.29, 1.82) is 0 Å². The summed E-state index contributed by atoms with van der Waals surface area (Å²) < 4.78 is 40.0. The number of rotatable bonds is 3. The van der Waals surface area contributed by atoms with E-state index in [0.717, 1.165) is 16.4 Å². The van der Waals surface area contributed by atoms with Crippen molar-refractivity contribution < 1.29 is 22.7 Å². The second-order valence-electron chi connectivity index (χ2n) is 5.02. The number of hydrogen-bond acceptors (Lipinski definition) is 3. The minimum Gasteiger partial charge on any atom is -0.481 e. The Balaban J connectivity index is 2.41. The summed E-state index contributed by atoms with van der Waals surface area (Å²) in [5.41, 5.74) is 0. The molecule has 2 rings (SSSR count). The molecule has 1 aromatic rings. The van der Waals surface area contributed by atoms with E-state index in [2.05, 4.69) is 0 Å². The van der Waals surface area contributed by atoms with E-state index in [1.807, 2.05) is 0 Å². The molecule has 2 atom stereocenters. The number of carboxylic acid groups (broad SMARTS) is 1. The number of halogens is 2. The van der Waals surface area contributed by atoms with Gasteiger partial charge in [-0.05, 0) is 38.0 Å². The number of carbonyl (C=O) groups is 1. The molecule has 0 saturated carbocycles. The SMILES string of the molecule is CC1C(C(=O)O)CCCN1S(=O)(=O)c1ccc(Cl)cc1F. The van der Waals surface area contributed by atoms with Crippen LogP contribution in [0.5, 0.6) is 0 Å². The molecule has 2 unspecified atom stereocenters. The monoisotopic (exact) mass is 335 g/mol. The largest absolute Gasteiger partial charge is 0.481 e. The van der Waals surface area contributed by atoms with Crippen molar-refractivity contribution in [1.82, 2.24) is 4.31 Å². The van der Waals surface area contributed by atoms with Crippen LogP contribution in [0.1, 0.15) is 19.8 Å². The molecular formula is C13H15ClFNO4S. The fraction of sp³-hybridized carbons (Fsp3) is 0.462. The molecule has 0 amide bonds. The average molecular weight is 336 g/mol. The standard InChI is InChI=1S/C13H15ClFNO4S/c1-8-10(13(17)18)3-2-6-16(8)21(19,20)12-5-4-9(14)7-11(12)15/h4-5,7-8,10H,2-3,6H2,1H3,(H,17,18). The summed E-state index contributed by atoms with van der Waals surface area (Å²) in [6.45, 7) is 1.71. The van der Waals surface area contributed by atoms with Crippen molar-refractivity contribution in [2.24, 2.45) is 5.92 Å². The highest BCUT2D eigenvalue weighted by Crippen LogP contribution is 2.31. The van der Waals surface area contributed by atoms with Crippen LogP contribution in [-0.2, 0) is 14.8 Å². The Bertz CT molecular complexity index is 664. The lowest BCUT2D eigenvalue weighted by Crippen LogP contribution is -2.49. The molecule has 8 heteroatoms. The van der Waals surface area contributed by atoms with E-state index >= 15 is 0 Å². The van der Waals surface area contributed by atoms with Gasteiger partial charge in [0.1, 0.15) is 10.7 Å². The number of piperidine rings is 1. The molecule has 1 aliphatic rings. The van der Waals surface area contributed by atoms with Gasteiger partial charge in [0.05, 0.1) is 5.92 Å². The predicted octanol–water partition coefficient (Wildman–Crippen LogP) is 2.35. The summed E-state index contributed by atoms with van der Waals surface area (Å²) in [5.74, 6) is -2.77. The maximum absolute atomic E-state index is 13.9. The predicted molar refractivity (Wildman–Crippen MR) is 75.1 cm³/mol. The maximum Gasteiger partial charge on any atom is 0.308 e. The van der Waals surface area contributed by atoms with Gasteiger partial charge in [-0.2, -0.15) is 4.31 Å². The molecule has 1 N–H and O–H groups in total. The van der Waals surface area contributed by atoms with Crippen molar-refractivity contribution >= 4 is 27.6 Å². The van der Waals surface area contributed by atoms with Gasteiger partial charge in [-0.3, -0.25) is 4.79 Å². The van der Waals surface area contributed by atoms with Gasteiger partial charge in [-0.1, -0.05) is 11.6 Å². The van der Waals surface area contributed by atoms with E-state index in [4.69, 9.17) is 16.7 Å². The van der Waals surface area contributed by atoms with E-state index < -0.39 is 38.7 Å². The van der Waals surface area contributed by atoms with Gasteiger partial charge in [0, 0.05) is 17.6 Å². The Labute approximate surface area is 127 Å². The number of sulfonamides is 1. The van der Waals surface area contributed by atoms with Crippen LogP contribution in [0.15, 0.2) is 23.1 Å². The molecule has 0 aliphatic carbocycles. The first kappa shape index (κ1) is 16.2. The Morgan fingerprint density at radius 2 is 2.14 bits per heavy atom. The van der Waals surface area contributed by atoms with Gasteiger partial charge < -0.3 is 5.11 Å². The van der Waals surface area contributed by atoms with Crippen LogP contribution in [0, 0.1) is 11.7 Å². The van der Waals surface area contributed by atoms with Crippen molar-refractivity contribution in [3.8, 4) is 0 Å². The summed E-state index contributed by atoms with van der Waals surface area (Å²) in [6.07, 6.45) is 0.835. The van der Waals surface area contributed by atoms with Crippen molar-refractivity contribution in [2.45, 2.75) is 30.7 Å². The van der Waals surface area contributed by atoms with Gasteiger partial charge in [0.25, 0.3) is 0 Å². The first-order chi connectivity index (χ1) is 9.75. The number of carboxylic acids is 1. The minimum absolute atomic E-state index is 0.0987. The summed E-state index contributed by atoms with van der Waals surface area (Å²) in [6, 6.07) is 2.60. The van der Waals surface area contributed by atoms with Crippen molar-refractivity contribution in [3.05, 3.63) is 29.0 Å². The van der Waals surface area contributed by atoms with E-state index in [1.54, 1.807) is 0 Å². The van der Waals surface area contributed by atoms with Crippen LogP contribution in [0.2, 0.25) is 5.02 Å². The summed E-state index contributed by atoms with van der Waals surface area (Å²) in [7, 11) is -4.09. The fourth-order valence-electron chi connectivity index (χ4n) is 2.59. The normalized spacial score (nSPS) is 24.0. The molecule has 1 fully saturated rings. The van der Waals surface area contributed by atoms with Crippen LogP contribution < -0.4 is 0 Å². The van der Waals surface area contributed by atoms with Crippen molar-refractivity contribution in [3.63, 3.8) is 0 Å². The molecule has 1 aromatic carbocycles. The second-order valence-corrected chi connectivity index (χ2v) is 7.31. The van der Waals surface area contributed by atoms with E-state index in [0.29, 0.717) is 12.8 Å². The zero-order chi connectivity index (χ0) is 15.8. The fourth-order valence-corrected chi connectivity index (χ4v) is 4.50.